The lowest BCUT2D eigenvalue weighted by Gasteiger charge is -2.14. The number of carbonyl (C=O) groups is 1. The number of hydrogen-bond donors (Lipinski definition) is 1. The lowest BCUT2D eigenvalue weighted by atomic mass is 10.2. The Hall–Kier alpha value is -2.83. The number of thioether (sulfide) groups is 1. The number of nitrogens with zero attached hydrogens (tertiary/aromatic N) is 2. The second-order valence-corrected chi connectivity index (χ2v) is 9.66. The first-order chi connectivity index (χ1) is 16.9. The van der Waals surface area contributed by atoms with Crippen LogP contribution in [0.15, 0.2) is 70.7 Å². The third-order valence-electron chi connectivity index (χ3n) is 4.45. The van der Waals surface area contributed by atoms with Gasteiger partial charge in [-0.1, -0.05) is 11.6 Å². The number of halogens is 2. The number of carbonyl (C=O) groups excluding carboxylic acids is 1. The molecule has 0 unspecified atom stereocenters. The average Bonchev–Trinajstić information content (AvgIpc) is 2.83. The van der Waals surface area contributed by atoms with Crippen molar-refractivity contribution in [1.82, 2.24) is 5.43 Å². The Labute approximate surface area is 225 Å². The second-order valence-electron chi connectivity index (χ2n) is 7.01. The van der Waals surface area contributed by atoms with E-state index in [1.54, 1.807) is 30.3 Å². The summed E-state index contributed by atoms with van der Waals surface area (Å²) in [6.07, 6.45) is 1.54. The van der Waals surface area contributed by atoms with E-state index in [0.717, 1.165) is 19.6 Å². The number of nitrogens with one attached hydrogen (secondary N) is 1. The molecule has 3 aromatic carbocycles. The maximum atomic E-state index is 12.1. The van der Waals surface area contributed by atoms with Gasteiger partial charge >= 0.3 is 0 Å². The fraction of sp³-hybridized carbons (Fsp3) is 0.167. The quantitative estimate of drug-likeness (QED) is 0.0912. The fourth-order valence-corrected chi connectivity index (χ4v) is 4.42. The third kappa shape index (κ3) is 8.41. The molecule has 0 saturated carbocycles. The van der Waals surface area contributed by atoms with Crippen molar-refractivity contribution >= 4 is 63.8 Å². The van der Waals surface area contributed by atoms with Crippen LogP contribution in [-0.4, -0.2) is 29.4 Å². The Kier molecular flexibility index (Phi) is 10.2. The largest absolute Gasteiger partial charge is 0.490 e. The van der Waals surface area contributed by atoms with Crippen LogP contribution in [0.3, 0.4) is 0 Å². The highest BCUT2D eigenvalue weighted by molar-refractivity contribution is 14.1. The minimum atomic E-state index is -0.442. The lowest BCUT2D eigenvalue weighted by molar-refractivity contribution is -0.384. The van der Waals surface area contributed by atoms with Gasteiger partial charge in [0, 0.05) is 22.1 Å². The molecule has 0 saturated heterocycles. The lowest BCUT2D eigenvalue weighted by Crippen LogP contribution is -2.19. The molecule has 11 heteroatoms. The third-order valence-corrected chi connectivity index (χ3v) is 6.51. The van der Waals surface area contributed by atoms with Crippen LogP contribution in [0.1, 0.15) is 18.1 Å². The SMILES string of the molecule is CCOc1cc(/C=N\NC(=O)CSc2ccc(Cl)cc2)cc(I)c1OCc1ccc([N+](=O)[O-])cc1. The van der Waals surface area contributed by atoms with E-state index in [1.807, 2.05) is 25.1 Å². The number of ether oxygens (including phenoxy) is 2. The Balaban J connectivity index is 1.60. The van der Waals surface area contributed by atoms with E-state index in [0.29, 0.717) is 23.1 Å². The van der Waals surface area contributed by atoms with E-state index in [4.69, 9.17) is 21.1 Å². The number of amides is 1. The molecule has 1 N–H and O–H groups in total. The number of nitro groups is 1. The molecule has 182 valence electrons. The van der Waals surface area contributed by atoms with E-state index in [2.05, 4.69) is 33.1 Å². The van der Waals surface area contributed by atoms with Crippen LogP contribution in [0.2, 0.25) is 5.02 Å². The summed E-state index contributed by atoms with van der Waals surface area (Å²) in [5.41, 5.74) is 4.06. The van der Waals surface area contributed by atoms with Gasteiger partial charge in [-0.3, -0.25) is 14.9 Å². The summed E-state index contributed by atoms with van der Waals surface area (Å²) >= 11 is 9.39. The molecule has 0 aliphatic carbocycles. The Morgan fingerprint density at radius 1 is 1.17 bits per heavy atom. The number of non-ortho nitro benzene ring substituents is 1. The predicted octanol–water partition coefficient (Wildman–Crippen LogP) is 6.07. The molecular formula is C24H21ClIN3O5S. The van der Waals surface area contributed by atoms with Crippen LogP contribution in [0.4, 0.5) is 5.69 Å². The van der Waals surface area contributed by atoms with Gasteiger partial charge in [-0.2, -0.15) is 5.10 Å². The van der Waals surface area contributed by atoms with Crippen molar-refractivity contribution in [3.63, 3.8) is 0 Å². The van der Waals surface area contributed by atoms with Gasteiger partial charge < -0.3 is 9.47 Å². The summed E-state index contributed by atoms with van der Waals surface area (Å²) in [4.78, 5) is 23.4. The predicted molar refractivity (Wildman–Crippen MR) is 146 cm³/mol. The smallest absolute Gasteiger partial charge is 0.269 e. The normalized spacial score (nSPS) is 10.8. The summed E-state index contributed by atoms with van der Waals surface area (Å²) in [5.74, 6) is 1.08. The minimum absolute atomic E-state index is 0.0256. The molecule has 8 nitrogen and oxygen atoms in total. The molecule has 0 atom stereocenters. The van der Waals surface area contributed by atoms with E-state index in [-0.39, 0.29) is 24.0 Å². The molecule has 0 bridgehead atoms. The summed E-state index contributed by atoms with van der Waals surface area (Å²) < 4.78 is 12.5. The number of rotatable bonds is 11. The Morgan fingerprint density at radius 3 is 2.54 bits per heavy atom. The van der Waals surface area contributed by atoms with Gasteiger partial charge in [-0.15, -0.1) is 11.8 Å². The summed E-state index contributed by atoms with van der Waals surface area (Å²) in [6.45, 7) is 2.53. The van der Waals surface area contributed by atoms with Crippen LogP contribution >= 0.6 is 46.0 Å². The van der Waals surface area contributed by atoms with Gasteiger partial charge in [0.2, 0.25) is 5.91 Å². The van der Waals surface area contributed by atoms with Crippen molar-refractivity contribution in [3.8, 4) is 11.5 Å². The highest BCUT2D eigenvalue weighted by atomic mass is 127. The monoisotopic (exact) mass is 625 g/mol. The first-order valence-electron chi connectivity index (χ1n) is 10.4. The maximum Gasteiger partial charge on any atom is 0.269 e. The summed E-state index contributed by atoms with van der Waals surface area (Å²) in [5, 5.41) is 15.5. The van der Waals surface area contributed by atoms with Gasteiger partial charge in [-0.05, 0) is 89.2 Å². The van der Waals surface area contributed by atoms with Gasteiger partial charge in [0.25, 0.3) is 5.69 Å². The zero-order valence-corrected chi connectivity index (χ0v) is 22.3. The molecule has 35 heavy (non-hydrogen) atoms. The van der Waals surface area contributed by atoms with Crippen molar-refractivity contribution in [2.75, 3.05) is 12.4 Å². The number of hydrogen-bond acceptors (Lipinski definition) is 7. The molecular weight excluding hydrogens is 605 g/mol. The van der Waals surface area contributed by atoms with E-state index >= 15 is 0 Å². The highest BCUT2D eigenvalue weighted by Gasteiger charge is 2.13. The molecule has 0 aromatic heterocycles. The van der Waals surface area contributed by atoms with E-state index in [9.17, 15) is 14.9 Å². The zero-order chi connectivity index (χ0) is 25.2. The van der Waals surface area contributed by atoms with Crippen LogP contribution in [0.25, 0.3) is 0 Å². The minimum Gasteiger partial charge on any atom is -0.490 e. The van der Waals surface area contributed by atoms with Crippen molar-refractivity contribution in [1.29, 1.82) is 0 Å². The zero-order valence-electron chi connectivity index (χ0n) is 18.6. The van der Waals surface area contributed by atoms with Crippen molar-refractivity contribution in [2.24, 2.45) is 5.10 Å². The molecule has 1 amide bonds. The number of benzene rings is 3. The first kappa shape index (κ1) is 26.8. The van der Waals surface area contributed by atoms with Crippen LogP contribution in [0.5, 0.6) is 11.5 Å². The number of nitro benzene ring substituents is 1. The summed E-state index contributed by atoms with van der Waals surface area (Å²) in [6, 6.07) is 17.1. The molecule has 0 aliphatic heterocycles. The molecule has 0 aliphatic rings. The Bertz CT molecular complexity index is 1210. The Morgan fingerprint density at radius 2 is 1.89 bits per heavy atom. The second kappa shape index (κ2) is 13.3. The van der Waals surface area contributed by atoms with Crippen molar-refractivity contribution < 1.29 is 19.2 Å². The molecule has 3 rings (SSSR count). The van der Waals surface area contributed by atoms with Crippen LogP contribution in [-0.2, 0) is 11.4 Å². The molecule has 3 aromatic rings. The molecule has 0 radical (unpaired) electrons. The van der Waals surface area contributed by atoms with Gasteiger partial charge in [0.1, 0.15) is 6.61 Å². The maximum absolute atomic E-state index is 12.1. The summed E-state index contributed by atoms with van der Waals surface area (Å²) in [7, 11) is 0. The topological polar surface area (TPSA) is 103 Å². The first-order valence-corrected chi connectivity index (χ1v) is 12.8. The average molecular weight is 626 g/mol. The standard InChI is InChI=1S/C24H21ClIN3O5S/c1-2-33-22-12-17(13-27-28-23(30)15-35-20-9-5-18(25)6-10-20)11-21(26)24(22)34-14-16-3-7-19(8-4-16)29(31)32/h3-13H,2,14-15H2,1H3,(H,28,30)/b27-13-. The van der Waals surface area contributed by atoms with Crippen LogP contribution in [0, 0.1) is 13.7 Å². The van der Waals surface area contributed by atoms with E-state index < -0.39 is 4.92 Å². The van der Waals surface area contributed by atoms with Crippen LogP contribution < -0.4 is 14.9 Å². The van der Waals surface area contributed by atoms with Crippen molar-refractivity contribution in [3.05, 3.63) is 90.5 Å². The molecule has 0 heterocycles. The molecule has 0 fully saturated rings. The fourth-order valence-electron chi connectivity index (χ4n) is 2.83. The van der Waals surface area contributed by atoms with Crippen molar-refractivity contribution in [2.45, 2.75) is 18.4 Å². The van der Waals surface area contributed by atoms with Gasteiger partial charge in [0.15, 0.2) is 11.5 Å². The number of hydrazone groups is 1. The highest BCUT2D eigenvalue weighted by Crippen LogP contribution is 2.34. The van der Waals surface area contributed by atoms with E-state index in [1.165, 1.54) is 30.1 Å². The van der Waals surface area contributed by atoms with Gasteiger partial charge in [0.05, 0.1) is 27.1 Å². The van der Waals surface area contributed by atoms with Gasteiger partial charge in [-0.25, -0.2) is 5.43 Å². The molecule has 0 spiro atoms.